The minimum absolute atomic E-state index is 0.0373. The Bertz CT molecular complexity index is 546. The Morgan fingerprint density at radius 2 is 1.95 bits per heavy atom. The molecule has 3 N–H and O–H groups in total. The van der Waals surface area contributed by atoms with E-state index in [1.807, 2.05) is 0 Å². The van der Waals surface area contributed by atoms with Crippen molar-refractivity contribution in [1.29, 1.82) is 0 Å². The van der Waals surface area contributed by atoms with Gasteiger partial charge in [-0.1, -0.05) is 12.8 Å². The van der Waals surface area contributed by atoms with Crippen LogP contribution in [0.4, 0.5) is 4.39 Å². The zero-order chi connectivity index (χ0) is 14.1. The zero-order valence-corrected chi connectivity index (χ0v) is 11.8. The molecule has 0 amide bonds. The molecule has 0 radical (unpaired) electrons. The van der Waals surface area contributed by atoms with Gasteiger partial charge in [-0.25, -0.2) is 17.5 Å². The molecule has 4 nitrogen and oxygen atoms in total. The molecule has 0 unspecified atom stereocenters. The summed E-state index contributed by atoms with van der Waals surface area (Å²) < 4.78 is 40.6. The molecule has 0 spiro atoms. The van der Waals surface area contributed by atoms with Crippen LogP contribution in [-0.2, 0) is 10.0 Å². The summed E-state index contributed by atoms with van der Waals surface area (Å²) in [5.74, 6) is -0.548. The van der Waals surface area contributed by atoms with Crippen LogP contribution in [0.1, 0.15) is 31.2 Å². The fourth-order valence-electron chi connectivity index (χ4n) is 2.60. The number of nitrogens with one attached hydrogen (secondary N) is 1. The normalized spacial score (nSPS) is 18.7. The van der Waals surface area contributed by atoms with Gasteiger partial charge in [0.15, 0.2) is 0 Å². The molecule has 106 valence electrons. The van der Waals surface area contributed by atoms with Gasteiger partial charge in [-0.15, -0.1) is 0 Å². The van der Waals surface area contributed by atoms with Crippen molar-refractivity contribution in [3.05, 3.63) is 29.6 Å². The average molecular weight is 286 g/mol. The Labute approximate surface area is 113 Å². The fourth-order valence-corrected chi connectivity index (χ4v) is 4.19. The monoisotopic (exact) mass is 286 g/mol. The van der Waals surface area contributed by atoms with Gasteiger partial charge in [-0.05, 0) is 43.5 Å². The van der Waals surface area contributed by atoms with E-state index in [-0.39, 0.29) is 11.4 Å². The second-order valence-corrected chi connectivity index (χ2v) is 6.94. The maximum Gasteiger partial charge on any atom is 0.241 e. The van der Waals surface area contributed by atoms with Crippen molar-refractivity contribution >= 4 is 10.0 Å². The predicted octanol–water partition coefficient (Wildman–Crippen LogP) is 1.68. The average Bonchev–Trinajstić information content (AvgIpc) is 2.76. The molecule has 0 bridgehead atoms. The minimum atomic E-state index is -3.73. The SMILES string of the molecule is Cc1cc(F)cc(S(=O)(=O)NC2(CN)CCCC2)c1. The lowest BCUT2D eigenvalue weighted by Crippen LogP contribution is -2.51. The van der Waals surface area contributed by atoms with Crippen LogP contribution in [0.2, 0.25) is 0 Å². The highest BCUT2D eigenvalue weighted by Crippen LogP contribution is 2.30. The van der Waals surface area contributed by atoms with Gasteiger partial charge in [-0.2, -0.15) is 0 Å². The lowest BCUT2D eigenvalue weighted by atomic mass is 10.0. The van der Waals surface area contributed by atoms with Gasteiger partial charge in [0.2, 0.25) is 10.0 Å². The Kier molecular flexibility index (Phi) is 3.94. The maximum atomic E-state index is 13.3. The van der Waals surface area contributed by atoms with Crippen molar-refractivity contribution in [3.63, 3.8) is 0 Å². The molecule has 2 rings (SSSR count). The highest BCUT2D eigenvalue weighted by Gasteiger charge is 2.36. The van der Waals surface area contributed by atoms with Crippen LogP contribution in [-0.4, -0.2) is 20.5 Å². The largest absolute Gasteiger partial charge is 0.329 e. The van der Waals surface area contributed by atoms with Crippen LogP contribution in [0.5, 0.6) is 0 Å². The lowest BCUT2D eigenvalue weighted by molar-refractivity contribution is 0.399. The van der Waals surface area contributed by atoms with Crippen LogP contribution >= 0.6 is 0 Å². The van der Waals surface area contributed by atoms with Gasteiger partial charge in [0.05, 0.1) is 4.90 Å². The molecular weight excluding hydrogens is 267 g/mol. The van der Waals surface area contributed by atoms with Gasteiger partial charge in [0, 0.05) is 12.1 Å². The number of sulfonamides is 1. The molecular formula is C13H19FN2O2S. The molecule has 19 heavy (non-hydrogen) atoms. The molecule has 0 saturated heterocycles. The van der Waals surface area contributed by atoms with E-state index < -0.39 is 21.4 Å². The summed E-state index contributed by atoms with van der Waals surface area (Å²) in [6.07, 6.45) is 3.39. The summed E-state index contributed by atoms with van der Waals surface area (Å²) in [6, 6.07) is 3.80. The third-order valence-electron chi connectivity index (χ3n) is 3.63. The first-order valence-electron chi connectivity index (χ1n) is 6.38. The standard InChI is InChI=1S/C13H19FN2O2S/c1-10-6-11(14)8-12(7-10)19(17,18)16-13(9-15)4-2-3-5-13/h6-8,16H,2-5,9,15H2,1H3. The fraction of sp³-hybridized carbons (Fsp3) is 0.538. The Morgan fingerprint density at radius 1 is 1.32 bits per heavy atom. The van der Waals surface area contributed by atoms with E-state index in [1.54, 1.807) is 6.92 Å². The second-order valence-electron chi connectivity index (χ2n) is 5.26. The summed E-state index contributed by atoms with van der Waals surface area (Å²) in [5.41, 5.74) is 5.72. The molecule has 1 aliphatic rings. The summed E-state index contributed by atoms with van der Waals surface area (Å²) in [5, 5.41) is 0. The molecule has 1 aromatic carbocycles. The molecule has 1 aliphatic carbocycles. The summed E-state index contributed by atoms with van der Waals surface area (Å²) in [4.78, 5) is -0.0373. The summed E-state index contributed by atoms with van der Waals surface area (Å²) in [6.45, 7) is 1.93. The van der Waals surface area contributed by atoms with Crippen molar-refractivity contribution in [3.8, 4) is 0 Å². The van der Waals surface area contributed by atoms with Gasteiger partial charge < -0.3 is 5.73 Å². The van der Waals surface area contributed by atoms with Crippen molar-refractivity contribution in [2.45, 2.75) is 43.0 Å². The number of halogens is 1. The highest BCUT2D eigenvalue weighted by molar-refractivity contribution is 7.89. The van der Waals surface area contributed by atoms with Crippen molar-refractivity contribution in [2.75, 3.05) is 6.54 Å². The van der Waals surface area contributed by atoms with Crippen LogP contribution < -0.4 is 10.5 Å². The first-order chi connectivity index (χ1) is 8.87. The Hall–Kier alpha value is -0.980. The highest BCUT2D eigenvalue weighted by atomic mass is 32.2. The van der Waals surface area contributed by atoms with Gasteiger partial charge in [0.1, 0.15) is 5.82 Å². The number of hydrogen-bond donors (Lipinski definition) is 2. The summed E-state index contributed by atoms with van der Waals surface area (Å²) >= 11 is 0. The smallest absolute Gasteiger partial charge is 0.241 e. The molecule has 1 saturated carbocycles. The number of rotatable bonds is 4. The van der Waals surface area contributed by atoms with E-state index >= 15 is 0 Å². The van der Waals surface area contributed by atoms with E-state index in [4.69, 9.17) is 5.73 Å². The molecule has 0 aromatic heterocycles. The van der Waals surface area contributed by atoms with Crippen molar-refractivity contribution < 1.29 is 12.8 Å². The predicted molar refractivity (Wildman–Crippen MR) is 71.7 cm³/mol. The van der Waals surface area contributed by atoms with E-state index in [2.05, 4.69) is 4.72 Å². The first kappa shape index (κ1) is 14.4. The van der Waals surface area contributed by atoms with E-state index in [9.17, 15) is 12.8 Å². The molecule has 0 aliphatic heterocycles. The maximum absolute atomic E-state index is 13.3. The summed E-state index contributed by atoms with van der Waals surface area (Å²) in [7, 11) is -3.73. The molecule has 0 heterocycles. The van der Waals surface area contributed by atoms with E-state index in [1.165, 1.54) is 12.1 Å². The number of hydrogen-bond acceptors (Lipinski definition) is 3. The van der Waals surface area contributed by atoms with Crippen LogP contribution in [0.3, 0.4) is 0 Å². The van der Waals surface area contributed by atoms with Crippen LogP contribution in [0, 0.1) is 12.7 Å². The molecule has 1 aromatic rings. The number of benzene rings is 1. The number of nitrogens with two attached hydrogens (primary N) is 1. The number of aryl methyl sites for hydroxylation is 1. The quantitative estimate of drug-likeness (QED) is 0.884. The van der Waals surface area contributed by atoms with Gasteiger partial charge in [0.25, 0.3) is 0 Å². The third kappa shape index (κ3) is 3.13. The van der Waals surface area contributed by atoms with E-state index in [0.29, 0.717) is 5.56 Å². The molecule has 1 fully saturated rings. The van der Waals surface area contributed by atoms with E-state index in [0.717, 1.165) is 31.7 Å². The lowest BCUT2D eigenvalue weighted by Gasteiger charge is -2.28. The molecule has 6 heteroatoms. The van der Waals surface area contributed by atoms with Gasteiger partial charge in [-0.3, -0.25) is 0 Å². The Balaban J connectivity index is 2.32. The van der Waals surface area contributed by atoms with Gasteiger partial charge >= 0.3 is 0 Å². The van der Waals surface area contributed by atoms with Crippen LogP contribution in [0.15, 0.2) is 23.1 Å². The second kappa shape index (κ2) is 5.19. The molecule has 0 atom stereocenters. The van der Waals surface area contributed by atoms with Crippen molar-refractivity contribution in [2.24, 2.45) is 5.73 Å². The zero-order valence-electron chi connectivity index (χ0n) is 10.9. The van der Waals surface area contributed by atoms with Crippen LogP contribution in [0.25, 0.3) is 0 Å². The topological polar surface area (TPSA) is 72.2 Å². The van der Waals surface area contributed by atoms with Crippen molar-refractivity contribution in [1.82, 2.24) is 4.72 Å². The Morgan fingerprint density at radius 3 is 2.47 bits per heavy atom. The third-order valence-corrected chi connectivity index (χ3v) is 5.19. The first-order valence-corrected chi connectivity index (χ1v) is 7.86. The minimum Gasteiger partial charge on any atom is -0.329 e.